The number of hydrogen-bond donors (Lipinski definition) is 2. The predicted molar refractivity (Wildman–Crippen MR) is 104 cm³/mol. The van der Waals surface area contributed by atoms with E-state index in [9.17, 15) is 14.4 Å². The number of carbonyl (C=O) groups excluding carboxylic acids is 1. The molecule has 3 N–H and O–H groups in total. The number of ether oxygens (including phenoxy) is 1. The summed E-state index contributed by atoms with van der Waals surface area (Å²) in [5.41, 5.74) is 9.09. The minimum absolute atomic E-state index is 0.0677. The second-order valence-electron chi connectivity index (χ2n) is 6.09. The molecule has 7 heteroatoms. The molecule has 0 saturated carbocycles. The third kappa shape index (κ3) is 3.76. The van der Waals surface area contributed by atoms with Gasteiger partial charge in [-0.05, 0) is 37.3 Å². The molecule has 3 aromatic rings. The first-order valence-electron chi connectivity index (χ1n) is 8.34. The molecule has 0 bridgehead atoms. The standard InChI is InChI=1S/C21H17FN4O2/c1-12-3-4-14(11-25-12)16-7-13(10-23)8-17(20(16)24)21(27)26-15-5-6-19(28-2)18(22)9-15/h3-9,11H,24H2,1-2H3,(H,26,27). The number of amides is 1. The normalized spacial score (nSPS) is 10.2. The lowest BCUT2D eigenvalue weighted by atomic mass is 9.98. The summed E-state index contributed by atoms with van der Waals surface area (Å²) >= 11 is 0. The van der Waals surface area contributed by atoms with Gasteiger partial charge >= 0.3 is 0 Å². The molecule has 0 spiro atoms. The van der Waals surface area contributed by atoms with E-state index < -0.39 is 11.7 Å². The van der Waals surface area contributed by atoms with E-state index >= 15 is 0 Å². The number of nitrogen functional groups attached to an aromatic ring is 1. The summed E-state index contributed by atoms with van der Waals surface area (Å²) in [5, 5.41) is 11.9. The van der Waals surface area contributed by atoms with Crippen LogP contribution in [-0.4, -0.2) is 18.0 Å². The topological polar surface area (TPSA) is 101 Å². The number of rotatable bonds is 4. The van der Waals surface area contributed by atoms with E-state index in [2.05, 4.69) is 10.3 Å². The zero-order valence-electron chi connectivity index (χ0n) is 15.3. The molecular formula is C21H17FN4O2. The number of pyridine rings is 1. The molecular weight excluding hydrogens is 359 g/mol. The summed E-state index contributed by atoms with van der Waals surface area (Å²) in [5.74, 6) is -1.09. The Hall–Kier alpha value is -3.92. The van der Waals surface area contributed by atoms with Crippen LogP contribution in [0.1, 0.15) is 21.6 Å². The highest BCUT2D eigenvalue weighted by molar-refractivity contribution is 6.10. The number of anilines is 2. The highest BCUT2D eigenvalue weighted by atomic mass is 19.1. The lowest BCUT2D eigenvalue weighted by Gasteiger charge is -2.13. The van der Waals surface area contributed by atoms with E-state index in [1.165, 1.54) is 25.3 Å². The Balaban J connectivity index is 2.00. The molecule has 0 fully saturated rings. The molecule has 0 aliphatic heterocycles. The predicted octanol–water partition coefficient (Wildman–Crippen LogP) is 3.91. The third-order valence-corrected chi connectivity index (χ3v) is 4.19. The maximum Gasteiger partial charge on any atom is 0.257 e. The van der Waals surface area contributed by atoms with E-state index in [1.807, 2.05) is 25.1 Å². The van der Waals surface area contributed by atoms with Gasteiger partial charge in [0, 0.05) is 34.8 Å². The van der Waals surface area contributed by atoms with Gasteiger partial charge in [-0.3, -0.25) is 9.78 Å². The molecule has 140 valence electrons. The van der Waals surface area contributed by atoms with Crippen LogP contribution >= 0.6 is 0 Å². The van der Waals surface area contributed by atoms with Crippen LogP contribution in [0.2, 0.25) is 0 Å². The summed E-state index contributed by atoms with van der Waals surface area (Å²) in [6.07, 6.45) is 1.63. The number of aromatic nitrogens is 1. The monoisotopic (exact) mass is 376 g/mol. The minimum atomic E-state index is -0.606. The second kappa shape index (κ2) is 7.76. The quantitative estimate of drug-likeness (QED) is 0.672. The maximum absolute atomic E-state index is 13.9. The Kier molecular flexibility index (Phi) is 5.23. The van der Waals surface area contributed by atoms with Gasteiger partial charge in [0.15, 0.2) is 11.6 Å². The summed E-state index contributed by atoms with van der Waals surface area (Å²) < 4.78 is 18.7. The average molecular weight is 376 g/mol. The van der Waals surface area contributed by atoms with Crippen molar-refractivity contribution in [3.05, 3.63) is 71.3 Å². The molecule has 0 radical (unpaired) electrons. The van der Waals surface area contributed by atoms with Crippen LogP contribution in [0.5, 0.6) is 5.75 Å². The molecule has 0 aliphatic rings. The molecule has 0 aliphatic carbocycles. The Bertz CT molecular complexity index is 1090. The van der Waals surface area contributed by atoms with E-state index in [-0.39, 0.29) is 28.3 Å². The van der Waals surface area contributed by atoms with Crippen LogP contribution in [0.15, 0.2) is 48.7 Å². The summed E-state index contributed by atoms with van der Waals surface area (Å²) in [6, 6.07) is 12.7. The van der Waals surface area contributed by atoms with Crippen molar-refractivity contribution in [1.29, 1.82) is 5.26 Å². The molecule has 1 aromatic heterocycles. The number of carbonyl (C=O) groups is 1. The maximum atomic E-state index is 13.9. The molecule has 6 nitrogen and oxygen atoms in total. The second-order valence-corrected chi connectivity index (χ2v) is 6.09. The number of aryl methyl sites for hydroxylation is 1. The lowest BCUT2D eigenvalue weighted by molar-refractivity contribution is 0.102. The van der Waals surface area contributed by atoms with Gasteiger partial charge in [-0.1, -0.05) is 6.07 Å². The molecule has 1 heterocycles. The molecule has 1 amide bonds. The van der Waals surface area contributed by atoms with Gasteiger partial charge in [0.2, 0.25) is 0 Å². The van der Waals surface area contributed by atoms with Crippen molar-refractivity contribution in [1.82, 2.24) is 4.98 Å². The number of benzene rings is 2. The van der Waals surface area contributed by atoms with Gasteiger partial charge in [-0.25, -0.2) is 4.39 Å². The van der Waals surface area contributed by atoms with E-state index in [1.54, 1.807) is 12.3 Å². The summed E-state index contributed by atoms with van der Waals surface area (Å²) in [4.78, 5) is 17.0. The van der Waals surface area contributed by atoms with Crippen LogP contribution in [0.3, 0.4) is 0 Å². The third-order valence-electron chi connectivity index (χ3n) is 4.19. The number of nitrogens with zero attached hydrogens (tertiary/aromatic N) is 2. The van der Waals surface area contributed by atoms with Gasteiger partial charge in [-0.2, -0.15) is 5.26 Å². The first kappa shape index (κ1) is 18.9. The fourth-order valence-corrected chi connectivity index (χ4v) is 2.71. The molecule has 0 atom stereocenters. The van der Waals surface area contributed by atoms with Crippen molar-refractivity contribution in [3.63, 3.8) is 0 Å². The summed E-state index contributed by atoms with van der Waals surface area (Å²) in [6.45, 7) is 1.85. The zero-order chi connectivity index (χ0) is 20.3. The van der Waals surface area contributed by atoms with Crippen molar-refractivity contribution in [2.24, 2.45) is 0 Å². The van der Waals surface area contributed by atoms with Gasteiger partial charge < -0.3 is 15.8 Å². The first-order chi connectivity index (χ1) is 13.4. The first-order valence-corrected chi connectivity index (χ1v) is 8.34. The highest BCUT2D eigenvalue weighted by Crippen LogP contribution is 2.31. The largest absolute Gasteiger partial charge is 0.494 e. The number of hydrogen-bond acceptors (Lipinski definition) is 5. The van der Waals surface area contributed by atoms with Crippen LogP contribution in [0.25, 0.3) is 11.1 Å². The molecule has 3 rings (SSSR count). The van der Waals surface area contributed by atoms with Crippen LogP contribution in [0, 0.1) is 24.1 Å². The van der Waals surface area contributed by atoms with Crippen molar-refractivity contribution in [3.8, 4) is 22.9 Å². The van der Waals surface area contributed by atoms with Crippen molar-refractivity contribution in [2.45, 2.75) is 6.92 Å². The molecule has 2 aromatic carbocycles. The summed E-state index contributed by atoms with van der Waals surface area (Å²) in [7, 11) is 1.35. The van der Waals surface area contributed by atoms with Gasteiger partial charge in [0.05, 0.1) is 30.0 Å². The Labute approximate surface area is 161 Å². The number of nitrogens with two attached hydrogens (primary N) is 1. The Morgan fingerprint density at radius 1 is 1.25 bits per heavy atom. The van der Waals surface area contributed by atoms with E-state index in [4.69, 9.17) is 10.5 Å². The minimum Gasteiger partial charge on any atom is -0.494 e. The van der Waals surface area contributed by atoms with Crippen LogP contribution in [-0.2, 0) is 0 Å². The molecule has 0 unspecified atom stereocenters. The van der Waals surface area contributed by atoms with Crippen molar-refractivity contribution < 1.29 is 13.9 Å². The van der Waals surface area contributed by atoms with Gasteiger partial charge in [0.1, 0.15) is 0 Å². The molecule has 28 heavy (non-hydrogen) atoms. The van der Waals surface area contributed by atoms with Crippen molar-refractivity contribution >= 4 is 17.3 Å². The van der Waals surface area contributed by atoms with Gasteiger partial charge in [0.25, 0.3) is 5.91 Å². The Morgan fingerprint density at radius 3 is 2.64 bits per heavy atom. The van der Waals surface area contributed by atoms with E-state index in [0.717, 1.165) is 11.8 Å². The molecule has 0 saturated heterocycles. The van der Waals surface area contributed by atoms with Crippen LogP contribution in [0.4, 0.5) is 15.8 Å². The zero-order valence-corrected chi connectivity index (χ0v) is 15.3. The number of nitrogens with one attached hydrogen (secondary N) is 1. The average Bonchev–Trinajstić information content (AvgIpc) is 2.69. The fourth-order valence-electron chi connectivity index (χ4n) is 2.71. The number of methoxy groups -OCH3 is 1. The van der Waals surface area contributed by atoms with Gasteiger partial charge in [-0.15, -0.1) is 0 Å². The van der Waals surface area contributed by atoms with Crippen LogP contribution < -0.4 is 15.8 Å². The van der Waals surface area contributed by atoms with E-state index in [0.29, 0.717) is 11.1 Å². The SMILES string of the molecule is COc1ccc(NC(=O)c2cc(C#N)cc(-c3ccc(C)nc3)c2N)cc1F. The Morgan fingerprint density at radius 2 is 2.04 bits per heavy atom. The fraction of sp³-hybridized carbons (Fsp3) is 0.0952. The number of halogens is 1. The van der Waals surface area contributed by atoms with Crippen molar-refractivity contribution in [2.75, 3.05) is 18.2 Å². The lowest BCUT2D eigenvalue weighted by Crippen LogP contribution is -2.15. The number of nitriles is 1. The smallest absolute Gasteiger partial charge is 0.257 e. The highest BCUT2D eigenvalue weighted by Gasteiger charge is 2.17.